The summed E-state index contributed by atoms with van der Waals surface area (Å²) < 4.78 is 40.3. The van der Waals surface area contributed by atoms with Gasteiger partial charge >= 0.3 is 6.18 Å². The third kappa shape index (κ3) is 4.98. The van der Waals surface area contributed by atoms with Crippen molar-refractivity contribution in [1.82, 2.24) is 20.0 Å². The summed E-state index contributed by atoms with van der Waals surface area (Å²) in [6, 6.07) is 5.14. The predicted octanol–water partition coefficient (Wildman–Crippen LogP) is 4.05. The molecule has 1 saturated heterocycles. The first-order valence-corrected chi connectivity index (χ1v) is 9.91. The van der Waals surface area contributed by atoms with Crippen molar-refractivity contribution in [2.45, 2.75) is 45.8 Å². The van der Waals surface area contributed by atoms with E-state index in [1.165, 1.54) is 35.9 Å². The summed E-state index contributed by atoms with van der Waals surface area (Å²) in [5, 5.41) is 7.07. The second kappa shape index (κ2) is 8.57. The van der Waals surface area contributed by atoms with Gasteiger partial charge in [-0.1, -0.05) is 13.0 Å². The number of rotatable bonds is 5. The number of likely N-dealkylation sites (tertiary alicyclic amines) is 1. The number of aromatic nitrogens is 2. The Labute approximate surface area is 168 Å². The highest BCUT2D eigenvalue weighted by atomic mass is 19.4. The highest BCUT2D eigenvalue weighted by Gasteiger charge is 2.31. The zero-order valence-electron chi connectivity index (χ0n) is 17.0. The number of carbonyl (C=O) groups excluding carboxylic acids is 1. The van der Waals surface area contributed by atoms with Crippen molar-refractivity contribution in [3.05, 3.63) is 47.3 Å². The van der Waals surface area contributed by atoms with Crippen LogP contribution in [0.1, 0.15) is 48.3 Å². The fourth-order valence-electron chi connectivity index (χ4n) is 3.80. The number of piperidine rings is 1. The van der Waals surface area contributed by atoms with Crippen LogP contribution in [0.25, 0.3) is 5.69 Å². The second-order valence-electron chi connectivity index (χ2n) is 7.90. The number of nitrogens with one attached hydrogen (secondary N) is 1. The number of hydrogen-bond donors (Lipinski definition) is 1. The number of amides is 1. The van der Waals surface area contributed by atoms with Gasteiger partial charge in [-0.15, -0.1) is 0 Å². The van der Waals surface area contributed by atoms with E-state index >= 15 is 0 Å². The van der Waals surface area contributed by atoms with E-state index in [4.69, 9.17) is 0 Å². The van der Waals surface area contributed by atoms with Crippen LogP contribution in [0.4, 0.5) is 13.2 Å². The SMILES string of the molecule is Cc1c(C(=O)NCC(C)N2CCCC(C)C2)cnn1-c1cccc(C(F)(F)F)c1. The van der Waals surface area contributed by atoms with Crippen molar-refractivity contribution in [3.8, 4) is 5.69 Å². The molecule has 0 saturated carbocycles. The lowest BCUT2D eigenvalue weighted by Gasteiger charge is -2.35. The molecule has 0 aliphatic carbocycles. The Morgan fingerprint density at radius 3 is 2.83 bits per heavy atom. The number of halogens is 3. The normalized spacial score (nSPS) is 19.2. The van der Waals surface area contributed by atoms with Crippen LogP contribution in [0.5, 0.6) is 0 Å². The van der Waals surface area contributed by atoms with Crippen molar-refractivity contribution >= 4 is 5.91 Å². The largest absolute Gasteiger partial charge is 0.416 e. The lowest BCUT2D eigenvalue weighted by atomic mass is 9.99. The van der Waals surface area contributed by atoms with Gasteiger partial charge in [-0.25, -0.2) is 4.68 Å². The molecule has 29 heavy (non-hydrogen) atoms. The van der Waals surface area contributed by atoms with Crippen LogP contribution in [0.2, 0.25) is 0 Å². The summed E-state index contributed by atoms with van der Waals surface area (Å²) in [7, 11) is 0. The smallest absolute Gasteiger partial charge is 0.350 e. The number of benzene rings is 1. The predicted molar refractivity (Wildman–Crippen MR) is 105 cm³/mol. The fourth-order valence-corrected chi connectivity index (χ4v) is 3.80. The fraction of sp³-hybridized carbons (Fsp3) is 0.524. The molecule has 1 aromatic carbocycles. The van der Waals surface area contributed by atoms with Gasteiger partial charge in [0, 0.05) is 19.1 Å². The average molecular weight is 408 g/mol. The molecular formula is C21H27F3N4O. The van der Waals surface area contributed by atoms with Crippen molar-refractivity contribution in [2.75, 3.05) is 19.6 Å². The van der Waals surface area contributed by atoms with Crippen LogP contribution in [0.15, 0.2) is 30.5 Å². The van der Waals surface area contributed by atoms with Crippen molar-refractivity contribution in [2.24, 2.45) is 5.92 Å². The molecule has 1 amide bonds. The molecular weight excluding hydrogens is 381 g/mol. The molecule has 8 heteroatoms. The third-order valence-corrected chi connectivity index (χ3v) is 5.54. The van der Waals surface area contributed by atoms with E-state index in [0.29, 0.717) is 23.7 Å². The van der Waals surface area contributed by atoms with E-state index in [0.717, 1.165) is 25.2 Å². The van der Waals surface area contributed by atoms with E-state index in [1.54, 1.807) is 6.92 Å². The first-order chi connectivity index (χ1) is 13.7. The van der Waals surface area contributed by atoms with Crippen LogP contribution >= 0.6 is 0 Å². The first-order valence-electron chi connectivity index (χ1n) is 9.91. The third-order valence-electron chi connectivity index (χ3n) is 5.54. The van der Waals surface area contributed by atoms with E-state index in [1.807, 2.05) is 0 Å². The average Bonchev–Trinajstić information content (AvgIpc) is 3.06. The van der Waals surface area contributed by atoms with Crippen molar-refractivity contribution in [3.63, 3.8) is 0 Å². The molecule has 1 aromatic heterocycles. The Hall–Kier alpha value is -2.35. The first kappa shape index (κ1) is 21.4. The van der Waals surface area contributed by atoms with Gasteiger partial charge < -0.3 is 5.32 Å². The minimum absolute atomic E-state index is 0.223. The van der Waals surface area contributed by atoms with E-state index < -0.39 is 11.7 Å². The summed E-state index contributed by atoms with van der Waals surface area (Å²) in [5.74, 6) is 0.396. The van der Waals surface area contributed by atoms with Crippen LogP contribution in [0.3, 0.4) is 0 Å². The molecule has 1 aliphatic heterocycles. The molecule has 3 rings (SSSR count). The Bertz CT molecular complexity index is 862. The standard InChI is InChI=1S/C21H27F3N4O/c1-14-6-5-9-27(13-14)15(2)11-25-20(29)19-12-26-28(16(19)3)18-8-4-7-17(10-18)21(22,23)24/h4,7-8,10,12,14-15H,5-6,9,11,13H2,1-3H3,(H,25,29). The number of carbonyl (C=O) groups is 1. The summed E-state index contributed by atoms with van der Waals surface area (Å²) in [4.78, 5) is 15.0. The van der Waals surface area contributed by atoms with Gasteiger partial charge in [0.15, 0.2) is 0 Å². The minimum Gasteiger partial charge on any atom is -0.350 e. The van der Waals surface area contributed by atoms with E-state index in [2.05, 4.69) is 29.2 Å². The van der Waals surface area contributed by atoms with Gasteiger partial charge in [-0.2, -0.15) is 18.3 Å². The maximum Gasteiger partial charge on any atom is 0.416 e. The van der Waals surface area contributed by atoms with Gasteiger partial charge in [0.1, 0.15) is 0 Å². The molecule has 0 radical (unpaired) electrons. The number of hydrogen-bond acceptors (Lipinski definition) is 3. The molecule has 2 unspecified atom stereocenters. The van der Waals surface area contributed by atoms with Crippen LogP contribution in [0, 0.1) is 12.8 Å². The molecule has 158 valence electrons. The highest BCUT2D eigenvalue weighted by molar-refractivity contribution is 5.95. The van der Waals surface area contributed by atoms with Crippen LogP contribution in [-0.4, -0.2) is 46.3 Å². The highest BCUT2D eigenvalue weighted by Crippen LogP contribution is 2.30. The van der Waals surface area contributed by atoms with Crippen molar-refractivity contribution < 1.29 is 18.0 Å². The maximum atomic E-state index is 13.0. The number of alkyl halides is 3. The summed E-state index contributed by atoms with van der Waals surface area (Å²) in [6.45, 7) is 8.59. The monoisotopic (exact) mass is 408 g/mol. The zero-order chi connectivity index (χ0) is 21.2. The van der Waals surface area contributed by atoms with Gasteiger partial charge in [-0.3, -0.25) is 9.69 Å². The maximum absolute atomic E-state index is 13.0. The quantitative estimate of drug-likeness (QED) is 0.812. The Morgan fingerprint density at radius 2 is 2.14 bits per heavy atom. The molecule has 2 atom stereocenters. The molecule has 0 spiro atoms. The molecule has 0 bridgehead atoms. The zero-order valence-corrected chi connectivity index (χ0v) is 17.0. The van der Waals surface area contributed by atoms with E-state index in [-0.39, 0.29) is 17.6 Å². The summed E-state index contributed by atoms with van der Waals surface area (Å²) >= 11 is 0. The van der Waals surface area contributed by atoms with Gasteiger partial charge in [0.05, 0.1) is 28.7 Å². The number of nitrogens with zero attached hydrogens (tertiary/aromatic N) is 3. The minimum atomic E-state index is -4.43. The lowest BCUT2D eigenvalue weighted by Crippen LogP contribution is -2.46. The molecule has 2 heterocycles. The summed E-state index contributed by atoms with van der Waals surface area (Å²) in [5.41, 5.74) is 0.384. The molecule has 1 aliphatic rings. The molecule has 1 N–H and O–H groups in total. The Kier molecular flexibility index (Phi) is 6.31. The second-order valence-corrected chi connectivity index (χ2v) is 7.90. The molecule has 5 nitrogen and oxygen atoms in total. The lowest BCUT2D eigenvalue weighted by molar-refractivity contribution is -0.137. The van der Waals surface area contributed by atoms with Gasteiger partial charge in [0.25, 0.3) is 5.91 Å². The van der Waals surface area contributed by atoms with E-state index in [9.17, 15) is 18.0 Å². The van der Waals surface area contributed by atoms with Crippen LogP contribution < -0.4 is 5.32 Å². The molecule has 1 fully saturated rings. The Morgan fingerprint density at radius 1 is 1.38 bits per heavy atom. The van der Waals surface area contributed by atoms with Gasteiger partial charge in [0.2, 0.25) is 0 Å². The topological polar surface area (TPSA) is 50.2 Å². The van der Waals surface area contributed by atoms with Gasteiger partial charge in [-0.05, 0) is 57.4 Å². The van der Waals surface area contributed by atoms with Crippen LogP contribution in [-0.2, 0) is 6.18 Å². The molecule has 2 aromatic rings. The van der Waals surface area contributed by atoms with Crippen molar-refractivity contribution in [1.29, 1.82) is 0 Å². The summed E-state index contributed by atoms with van der Waals surface area (Å²) in [6.07, 6.45) is -0.621. The Balaban J connectivity index is 1.68.